The lowest BCUT2D eigenvalue weighted by Gasteiger charge is -2.17. The van der Waals surface area contributed by atoms with Crippen LogP contribution in [0, 0.1) is 5.41 Å². The van der Waals surface area contributed by atoms with Crippen molar-refractivity contribution in [3.8, 4) is 0 Å². The van der Waals surface area contributed by atoms with Crippen molar-refractivity contribution in [3.63, 3.8) is 0 Å². The summed E-state index contributed by atoms with van der Waals surface area (Å²) < 4.78 is 0. The number of carbonyl (C=O) groups is 2. The number of imide groups is 1. The molecule has 110 valence electrons. The highest BCUT2D eigenvalue weighted by atomic mass is 32.1. The van der Waals surface area contributed by atoms with Crippen LogP contribution < -0.4 is 5.32 Å². The topological polar surface area (TPSA) is 75.2 Å². The number of carbonyl (C=O) groups excluding carboxylic acids is 2. The Morgan fingerprint density at radius 1 is 1.38 bits per heavy atom. The number of rotatable bonds is 3. The number of hydrogen-bond acceptors (Lipinski definition) is 6. The molecule has 1 aliphatic rings. The summed E-state index contributed by atoms with van der Waals surface area (Å²) >= 11 is 1.51. The van der Waals surface area contributed by atoms with Gasteiger partial charge in [-0.3, -0.25) is 14.5 Å². The average molecular weight is 304 g/mol. The minimum Gasteiger partial charge on any atom is -0.372 e. The van der Waals surface area contributed by atoms with E-state index in [0.29, 0.717) is 5.82 Å². The van der Waals surface area contributed by atoms with Crippen LogP contribution in [-0.2, 0) is 16.1 Å². The Hall–Kier alpha value is -2.02. The van der Waals surface area contributed by atoms with Gasteiger partial charge in [0.1, 0.15) is 10.6 Å². The highest BCUT2D eigenvalue weighted by molar-refractivity contribution is 7.16. The van der Waals surface area contributed by atoms with Gasteiger partial charge in [0, 0.05) is 13.5 Å². The van der Waals surface area contributed by atoms with Gasteiger partial charge in [0.25, 0.3) is 0 Å². The number of anilines is 1. The van der Waals surface area contributed by atoms with Crippen LogP contribution in [0.25, 0.3) is 10.2 Å². The first-order valence-electron chi connectivity index (χ1n) is 6.69. The normalized spacial score (nSPS) is 17.8. The maximum atomic E-state index is 12.2. The zero-order chi connectivity index (χ0) is 15.2. The Balaban J connectivity index is 1.95. The molecule has 1 saturated heterocycles. The van der Waals surface area contributed by atoms with Crippen LogP contribution in [0.1, 0.15) is 26.1 Å². The monoisotopic (exact) mass is 304 g/mol. The van der Waals surface area contributed by atoms with E-state index in [1.165, 1.54) is 16.2 Å². The molecule has 0 spiro atoms. The van der Waals surface area contributed by atoms with Gasteiger partial charge in [0.15, 0.2) is 5.82 Å². The van der Waals surface area contributed by atoms with Crippen LogP contribution in [0.15, 0.2) is 11.4 Å². The highest BCUT2D eigenvalue weighted by Crippen LogP contribution is 2.33. The molecule has 0 atom stereocenters. The molecule has 1 aliphatic heterocycles. The second kappa shape index (κ2) is 4.77. The zero-order valence-electron chi connectivity index (χ0n) is 12.1. The number of thiophene rings is 1. The standard InChI is InChI=1S/C14H16N4O2S/c1-14(2)6-10(19)18(13(14)20)7-9-16-11(15-3)8-4-5-21-12(8)17-9/h4-5H,6-7H2,1-3H3,(H,15,16,17). The van der Waals surface area contributed by atoms with Crippen LogP contribution in [0.4, 0.5) is 5.82 Å². The Morgan fingerprint density at radius 2 is 2.14 bits per heavy atom. The first kappa shape index (κ1) is 13.9. The summed E-state index contributed by atoms with van der Waals surface area (Å²) in [5.74, 6) is 0.877. The number of amides is 2. The lowest BCUT2D eigenvalue weighted by Crippen LogP contribution is -2.33. The molecule has 0 saturated carbocycles. The van der Waals surface area contributed by atoms with Crippen molar-refractivity contribution >= 4 is 39.2 Å². The minimum atomic E-state index is -0.629. The predicted octanol–water partition coefficient (Wildman–Crippen LogP) is 2.02. The number of likely N-dealkylation sites (tertiary alicyclic amines) is 1. The average Bonchev–Trinajstić information content (AvgIpc) is 2.96. The van der Waals surface area contributed by atoms with E-state index in [1.807, 2.05) is 11.4 Å². The Morgan fingerprint density at radius 3 is 2.76 bits per heavy atom. The molecule has 1 fully saturated rings. The maximum absolute atomic E-state index is 12.2. The summed E-state index contributed by atoms with van der Waals surface area (Å²) in [6.45, 7) is 3.70. The minimum absolute atomic E-state index is 0.129. The molecule has 1 N–H and O–H groups in total. The number of hydrogen-bond donors (Lipinski definition) is 1. The second-order valence-electron chi connectivity index (χ2n) is 5.72. The lowest BCUT2D eigenvalue weighted by molar-refractivity contribution is -0.141. The summed E-state index contributed by atoms with van der Waals surface area (Å²) in [7, 11) is 1.79. The van der Waals surface area contributed by atoms with E-state index >= 15 is 0 Å². The van der Waals surface area contributed by atoms with Crippen molar-refractivity contribution in [2.75, 3.05) is 12.4 Å². The van der Waals surface area contributed by atoms with Gasteiger partial charge in [0.2, 0.25) is 11.8 Å². The summed E-state index contributed by atoms with van der Waals surface area (Å²) in [4.78, 5) is 35.2. The molecular formula is C14H16N4O2S. The van der Waals surface area contributed by atoms with Gasteiger partial charge in [-0.25, -0.2) is 9.97 Å². The van der Waals surface area contributed by atoms with Crippen LogP contribution in [0.5, 0.6) is 0 Å². The van der Waals surface area contributed by atoms with Gasteiger partial charge in [-0.05, 0) is 11.4 Å². The van der Waals surface area contributed by atoms with E-state index in [4.69, 9.17) is 0 Å². The van der Waals surface area contributed by atoms with Crippen molar-refractivity contribution in [2.24, 2.45) is 5.41 Å². The fraction of sp³-hybridized carbons (Fsp3) is 0.429. The van der Waals surface area contributed by atoms with Gasteiger partial charge < -0.3 is 5.32 Å². The molecule has 0 bridgehead atoms. The molecule has 0 radical (unpaired) electrons. The molecule has 0 aliphatic carbocycles. The molecule has 0 unspecified atom stereocenters. The second-order valence-corrected chi connectivity index (χ2v) is 6.62. The molecule has 6 nitrogen and oxygen atoms in total. The SMILES string of the molecule is CNc1nc(CN2C(=O)CC(C)(C)C2=O)nc2sccc12. The van der Waals surface area contributed by atoms with Crippen LogP contribution in [0.3, 0.4) is 0 Å². The lowest BCUT2D eigenvalue weighted by atomic mass is 9.92. The fourth-order valence-electron chi connectivity index (χ4n) is 2.49. The molecule has 7 heteroatoms. The molecule has 2 aromatic rings. The summed E-state index contributed by atoms with van der Waals surface area (Å²) in [6, 6.07) is 1.95. The van der Waals surface area contributed by atoms with E-state index in [-0.39, 0.29) is 24.8 Å². The molecular weight excluding hydrogens is 288 g/mol. The van der Waals surface area contributed by atoms with Crippen molar-refractivity contribution in [2.45, 2.75) is 26.8 Å². The van der Waals surface area contributed by atoms with E-state index < -0.39 is 5.41 Å². The molecule has 2 aromatic heterocycles. The quantitative estimate of drug-likeness (QED) is 0.878. The number of fused-ring (bicyclic) bond motifs is 1. The van der Waals surface area contributed by atoms with Gasteiger partial charge in [-0.15, -0.1) is 11.3 Å². The molecule has 3 heterocycles. The van der Waals surface area contributed by atoms with Crippen LogP contribution in [-0.4, -0.2) is 33.7 Å². The smallest absolute Gasteiger partial charge is 0.235 e. The highest BCUT2D eigenvalue weighted by Gasteiger charge is 2.44. The van der Waals surface area contributed by atoms with Gasteiger partial charge >= 0.3 is 0 Å². The van der Waals surface area contributed by atoms with Gasteiger partial charge in [-0.1, -0.05) is 13.8 Å². The number of nitrogens with zero attached hydrogens (tertiary/aromatic N) is 3. The zero-order valence-corrected chi connectivity index (χ0v) is 13.0. The van der Waals surface area contributed by atoms with Crippen molar-refractivity contribution in [3.05, 3.63) is 17.3 Å². The van der Waals surface area contributed by atoms with E-state index in [1.54, 1.807) is 20.9 Å². The third-order valence-electron chi connectivity index (χ3n) is 3.63. The summed E-state index contributed by atoms with van der Waals surface area (Å²) in [5.41, 5.74) is -0.629. The third kappa shape index (κ3) is 2.27. The maximum Gasteiger partial charge on any atom is 0.235 e. The first-order chi connectivity index (χ1) is 9.92. The summed E-state index contributed by atoms with van der Waals surface area (Å²) in [6.07, 6.45) is 0.242. The van der Waals surface area contributed by atoms with Crippen LogP contribution in [0.2, 0.25) is 0 Å². The third-order valence-corrected chi connectivity index (χ3v) is 4.43. The molecule has 0 aromatic carbocycles. The van der Waals surface area contributed by atoms with Gasteiger partial charge in [-0.2, -0.15) is 0 Å². The number of nitrogens with one attached hydrogen (secondary N) is 1. The molecule has 3 rings (SSSR count). The predicted molar refractivity (Wildman–Crippen MR) is 80.9 cm³/mol. The Labute approximate surface area is 126 Å². The number of aromatic nitrogens is 2. The van der Waals surface area contributed by atoms with E-state index in [0.717, 1.165) is 16.0 Å². The Bertz CT molecular complexity index is 738. The largest absolute Gasteiger partial charge is 0.372 e. The van der Waals surface area contributed by atoms with Crippen molar-refractivity contribution in [1.82, 2.24) is 14.9 Å². The van der Waals surface area contributed by atoms with Gasteiger partial charge in [0.05, 0.1) is 17.3 Å². The molecule has 21 heavy (non-hydrogen) atoms. The Kier molecular flexibility index (Phi) is 3.16. The fourth-order valence-corrected chi connectivity index (χ4v) is 3.27. The first-order valence-corrected chi connectivity index (χ1v) is 7.57. The van der Waals surface area contributed by atoms with Crippen molar-refractivity contribution < 1.29 is 9.59 Å². The van der Waals surface area contributed by atoms with Crippen LogP contribution >= 0.6 is 11.3 Å². The van der Waals surface area contributed by atoms with E-state index in [2.05, 4.69) is 15.3 Å². The van der Waals surface area contributed by atoms with Crippen molar-refractivity contribution in [1.29, 1.82) is 0 Å². The summed E-state index contributed by atoms with van der Waals surface area (Å²) in [5, 5.41) is 5.92. The van der Waals surface area contributed by atoms with E-state index in [9.17, 15) is 9.59 Å². The molecule has 2 amide bonds.